The van der Waals surface area contributed by atoms with Gasteiger partial charge in [-0.3, -0.25) is 0 Å². The molecule has 1 fully saturated rings. The monoisotopic (exact) mass is 194 g/mol. The number of aryl methyl sites for hydroxylation is 1. The summed E-state index contributed by atoms with van der Waals surface area (Å²) in [5.41, 5.74) is 0.427. The van der Waals surface area contributed by atoms with Crippen LogP contribution in [0, 0.1) is 0 Å². The van der Waals surface area contributed by atoms with Crippen LogP contribution in [0.3, 0.4) is 0 Å². The normalized spacial score (nSPS) is 15.6. The third-order valence-electron chi connectivity index (χ3n) is 2.34. The molecule has 76 valence electrons. The van der Waals surface area contributed by atoms with Crippen molar-refractivity contribution in [2.24, 2.45) is 7.05 Å². The first-order valence-corrected chi connectivity index (χ1v) is 4.92. The van der Waals surface area contributed by atoms with E-state index in [9.17, 15) is 4.79 Å². The van der Waals surface area contributed by atoms with Gasteiger partial charge in [0.15, 0.2) is 5.69 Å². The second kappa shape index (κ2) is 3.44. The zero-order valence-electron chi connectivity index (χ0n) is 8.49. The molecule has 0 atom stereocenters. The molecule has 4 heteroatoms. The number of carbonyl (C=O) groups is 1. The lowest BCUT2D eigenvalue weighted by Gasteiger charge is -1.95. The van der Waals surface area contributed by atoms with Gasteiger partial charge < -0.3 is 9.30 Å². The van der Waals surface area contributed by atoms with Crippen molar-refractivity contribution in [1.82, 2.24) is 9.55 Å². The highest BCUT2D eigenvalue weighted by atomic mass is 16.5. The van der Waals surface area contributed by atoms with Gasteiger partial charge in [0.25, 0.3) is 0 Å². The van der Waals surface area contributed by atoms with Gasteiger partial charge in [0, 0.05) is 19.2 Å². The van der Waals surface area contributed by atoms with E-state index in [1.54, 1.807) is 13.1 Å². The lowest BCUT2D eigenvalue weighted by atomic mass is 10.4. The summed E-state index contributed by atoms with van der Waals surface area (Å²) in [6.07, 6.45) is 4.12. The molecular weight excluding hydrogens is 180 g/mol. The molecule has 2 rings (SSSR count). The molecule has 1 saturated carbocycles. The Morgan fingerprint density at radius 2 is 2.43 bits per heavy atom. The highest BCUT2D eigenvalue weighted by molar-refractivity contribution is 5.87. The number of rotatable bonds is 3. The average Bonchev–Trinajstić information content (AvgIpc) is 2.91. The third-order valence-corrected chi connectivity index (χ3v) is 2.34. The molecule has 0 bridgehead atoms. The SMILES string of the molecule is CCOC(=O)c1cn(C)c(C2CC2)n1. The second-order valence-electron chi connectivity index (χ2n) is 3.59. The topological polar surface area (TPSA) is 44.1 Å². The highest BCUT2D eigenvalue weighted by Gasteiger charge is 2.29. The van der Waals surface area contributed by atoms with Crippen LogP contribution < -0.4 is 0 Å². The van der Waals surface area contributed by atoms with Gasteiger partial charge in [0.05, 0.1) is 6.61 Å². The summed E-state index contributed by atoms with van der Waals surface area (Å²) in [5.74, 6) is 1.24. The minimum absolute atomic E-state index is 0.324. The predicted molar refractivity (Wildman–Crippen MR) is 51.1 cm³/mol. The molecule has 0 unspecified atom stereocenters. The van der Waals surface area contributed by atoms with Crippen LogP contribution in [-0.2, 0) is 11.8 Å². The number of hydrogen-bond donors (Lipinski definition) is 0. The van der Waals surface area contributed by atoms with Crippen LogP contribution in [0.2, 0.25) is 0 Å². The number of hydrogen-bond acceptors (Lipinski definition) is 3. The minimum Gasteiger partial charge on any atom is -0.461 e. The first kappa shape index (κ1) is 9.24. The maximum Gasteiger partial charge on any atom is 0.358 e. The molecule has 14 heavy (non-hydrogen) atoms. The van der Waals surface area contributed by atoms with E-state index >= 15 is 0 Å². The number of esters is 1. The van der Waals surface area contributed by atoms with Crippen LogP contribution >= 0.6 is 0 Å². The second-order valence-corrected chi connectivity index (χ2v) is 3.59. The summed E-state index contributed by atoms with van der Waals surface area (Å²) in [4.78, 5) is 15.6. The van der Waals surface area contributed by atoms with E-state index in [1.807, 2.05) is 11.6 Å². The quantitative estimate of drug-likeness (QED) is 0.684. The number of aromatic nitrogens is 2. The summed E-state index contributed by atoms with van der Waals surface area (Å²) in [6, 6.07) is 0. The van der Waals surface area contributed by atoms with Crippen LogP contribution in [-0.4, -0.2) is 22.1 Å². The van der Waals surface area contributed by atoms with E-state index in [4.69, 9.17) is 4.74 Å². The van der Waals surface area contributed by atoms with Crippen molar-refractivity contribution >= 4 is 5.97 Å². The molecular formula is C10H14N2O2. The molecule has 0 N–H and O–H groups in total. The smallest absolute Gasteiger partial charge is 0.358 e. The summed E-state index contributed by atoms with van der Waals surface area (Å²) in [5, 5.41) is 0. The Balaban J connectivity index is 2.18. The molecule has 1 aliphatic rings. The van der Waals surface area contributed by atoms with E-state index in [-0.39, 0.29) is 5.97 Å². The first-order chi connectivity index (χ1) is 6.72. The Morgan fingerprint density at radius 1 is 1.71 bits per heavy atom. The number of ether oxygens (including phenoxy) is 1. The van der Waals surface area contributed by atoms with Crippen molar-refractivity contribution in [3.05, 3.63) is 17.7 Å². The van der Waals surface area contributed by atoms with Gasteiger partial charge in [0.2, 0.25) is 0 Å². The summed E-state index contributed by atoms with van der Waals surface area (Å²) in [7, 11) is 1.92. The van der Waals surface area contributed by atoms with Gasteiger partial charge in [-0.2, -0.15) is 0 Å². The molecule has 1 heterocycles. The molecule has 0 saturated heterocycles. The number of carbonyl (C=O) groups excluding carboxylic acids is 1. The van der Waals surface area contributed by atoms with E-state index in [0.717, 1.165) is 5.82 Å². The van der Waals surface area contributed by atoms with E-state index in [1.165, 1.54) is 12.8 Å². The van der Waals surface area contributed by atoms with Crippen LogP contribution in [0.4, 0.5) is 0 Å². The average molecular weight is 194 g/mol. The fraction of sp³-hybridized carbons (Fsp3) is 0.600. The summed E-state index contributed by atoms with van der Waals surface area (Å²) < 4.78 is 6.80. The molecule has 0 radical (unpaired) electrons. The Kier molecular flexibility index (Phi) is 2.27. The highest BCUT2D eigenvalue weighted by Crippen LogP contribution is 2.39. The predicted octanol–water partition coefficient (Wildman–Crippen LogP) is 1.47. The molecule has 1 aromatic rings. The lowest BCUT2D eigenvalue weighted by Crippen LogP contribution is -2.04. The Labute approximate surface area is 82.9 Å². The van der Waals surface area contributed by atoms with Crippen molar-refractivity contribution < 1.29 is 9.53 Å². The largest absolute Gasteiger partial charge is 0.461 e. The third kappa shape index (κ3) is 1.64. The summed E-state index contributed by atoms with van der Waals surface area (Å²) >= 11 is 0. The molecule has 1 aromatic heterocycles. The van der Waals surface area contributed by atoms with E-state index in [2.05, 4.69) is 4.98 Å². The van der Waals surface area contributed by atoms with E-state index < -0.39 is 0 Å². The van der Waals surface area contributed by atoms with Crippen LogP contribution in [0.25, 0.3) is 0 Å². The van der Waals surface area contributed by atoms with Crippen LogP contribution in [0.5, 0.6) is 0 Å². The van der Waals surface area contributed by atoms with Crippen LogP contribution in [0.1, 0.15) is 42.0 Å². The van der Waals surface area contributed by atoms with Gasteiger partial charge in [-0.25, -0.2) is 9.78 Å². The molecule has 0 aromatic carbocycles. The Bertz CT molecular complexity index is 353. The van der Waals surface area contributed by atoms with Crippen LogP contribution in [0.15, 0.2) is 6.20 Å². The Hall–Kier alpha value is -1.32. The Morgan fingerprint density at radius 3 is 3.00 bits per heavy atom. The van der Waals surface area contributed by atoms with Crippen molar-refractivity contribution in [2.45, 2.75) is 25.7 Å². The number of nitrogens with zero attached hydrogens (tertiary/aromatic N) is 2. The van der Waals surface area contributed by atoms with Gasteiger partial charge in [0.1, 0.15) is 5.82 Å². The fourth-order valence-electron chi connectivity index (χ4n) is 1.50. The van der Waals surface area contributed by atoms with Crippen molar-refractivity contribution in [3.63, 3.8) is 0 Å². The fourth-order valence-corrected chi connectivity index (χ4v) is 1.50. The molecule has 0 aliphatic heterocycles. The first-order valence-electron chi connectivity index (χ1n) is 4.92. The summed E-state index contributed by atoms with van der Waals surface area (Å²) in [6.45, 7) is 2.19. The zero-order valence-corrected chi connectivity index (χ0v) is 8.49. The van der Waals surface area contributed by atoms with E-state index in [0.29, 0.717) is 18.2 Å². The van der Waals surface area contributed by atoms with Crippen molar-refractivity contribution in [3.8, 4) is 0 Å². The molecule has 0 amide bonds. The standard InChI is InChI=1S/C10H14N2O2/c1-3-14-10(13)8-6-12(2)9(11-8)7-4-5-7/h6-7H,3-5H2,1-2H3. The van der Waals surface area contributed by atoms with Crippen molar-refractivity contribution in [1.29, 1.82) is 0 Å². The maximum atomic E-state index is 11.4. The minimum atomic E-state index is -0.324. The van der Waals surface area contributed by atoms with Crippen molar-refractivity contribution in [2.75, 3.05) is 6.61 Å². The molecule has 1 aliphatic carbocycles. The molecule has 0 spiro atoms. The van der Waals surface area contributed by atoms with Gasteiger partial charge in [-0.05, 0) is 19.8 Å². The molecule has 4 nitrogen and oxygen atoms in total. The lowest BCUT2D eigenvalue weighted by molar-refractivity contribution is 0.0520. The number of imidazole rings is 1. The maximum absolute atomic E-state index is 11.4. The van der Waals surface area contributed by atoms with Gasteiger partial charge in [-0.1, -0.05) is 0 Å². The van der Waals surface area contributed by atoms with Gasteiger partial charge in [-0.15, -0.1) is 0 Å². The van der Waals surface area contributed by atoms with Gasteiger partial charge >= 0.3 is 5.97 Å². The zero-order chi connectivity index (χ0) is 10.1.